The van der Waals surface area contributed by atoms with Crippen molar-refractivity contribution < 1.29 is 5.11 Å². The van der Waals surface area contributed by atoms with Crippen LogP contribution in [0.2, 0.25) is 0 Å². The van der Waals surface area contributed by atoms with Gasteiger partial charge in [-0.2, -0.15) is 11.8 Å². The third-order valence-corrected chi connectivity index (χ3v) is 6.06. The van der Waals surface area contributed by atoms with E-state index < -0.39 is 0 Å². The molecule has 2 aliphatic rings. The van der Waals surface area contributed by atoms with Crippen LogP contribution in [0.5, 0.6) is 0 Å². The van der Waals surface area contributed by atoms with Crippen molar-refractivity contribution in [1.82, 2.24) is 10.6 Å². The van der Waals surface area contributed by atoms with Gasteiger partial charge in [-0.05, 0) is 50.3 Å². The molecule has 152 valence electrons. The average Bonchev–Trinajstić information content (AvgIpc) is 2.69. The molecule has 0 amide bonds. The van der Waals surface area contributed by atoms with E-state index in [0.29, 0.717) is 12.6 Å². The summed E-state index contributed by atoms with van der Waals surface area (Å²) in [7, 11) is 0. The van der Waals surface area contributed by atoms with Crippen molar-refractivity contribution in [3.8, 4) is 0 Å². The molecule has 1 saturated carbocycles. The zero-order chi connectivity index (χ0) is 18.2. The minimum atomic E-state index is -0.121. The predicted molar refractivity (Wildman–Crippen MR) is 128 cm³/mol. The summed E-state index contributed by atoms with van der Waals surface area (Å²) in [5.41, 5.74) is 2.56. The van der Waals surface area contributed by atoms with Gasteiger partial charge in [-0.3, -0.25) is 0 Å². The van der Waals surface area contributed by atoms with Crippen molar-refractivity contribution in [3.63, 3.8) is 0 Å². The Bertz CT molecular complexity index is 570. The maximum Gasteiger partial charge on any atom is 0.191 e. The Balaban J connectivity index is 0.00000261. The lowest BCUT2D eigenvalue weighted by Gasteiger charge is -2.28. The number of nitrogens with one attached hydrogen (secondary N) is 2. The molecule has 5 nitrogen and oxygen atoms in total. The quantitative estimate of drug-likeness (QED) is 0.327. The Morgan fingerprint density at radius 3 is 2.44 bits per heavy atom. The summed E-state index contributed by atoms with van der Waals surface area (Å²) in [6.07, 6.45) is 3.66. The molecule has 1 aliphatic heterocycles. The van der Waals surface area contributed by atoms with E-state index in [-0.39, 0.29) is 30.1 Å². The Hall–Kier alpha value is -0.670. The number of thioether (sulfide) groups is 1. The third-order valence-electron chi connectivity index (χ3n) is 5.11. The molecule has 0 unspecified atom stereocenters. The van der Waals surface area contributed by atoms with E-state index in [1.165, 1.54) is 22.8 Å². The van der Waals surface area contributed by atoms with Gasteiger partial charge in [-0.25, -0.2) is 4.99 Å². The highest BCUT2D eigenvalue weighted by Gasteiger charge is 2.20. The van der Waals surface area contributed by atoms with Crippen molar-refractivity contribution in [2.45, 2.75) is 51.3 Å². The Kier molecular flexibility index (Phi) is 10.1. The Morgan fingerprint density at radius 1 is 1.15 bits per heavy atom. The minimum Gasteiger partial charge on any atom is -0.393 e. The molecule has 1 aromatic carbocycles. The summed E-state index contributed by atoms with van der Waals surface area (Å²) in [6.45, 7) is 5.92. The van der Waals surface area contributed by atoms with Gasteiger partial charge in [-0.1, -0.05) is 12.1 Å². The van der Waals surface area contributed by atoms with Crippen LogP contribution in [-0.2, 0) is 6.54 Å². The first-order valence-corrected chi connectivity index (χ1v) is 11.0. The molecular formula is C20H33IN4OS. The third kappa shape index (κ3) is 7.34. The zero-order valence-corrected chi connectivity index (χ0v) is 19.3. The van der Waals surface area contributed by atoms with E-state index in [4.69, 9.17) is 4.99 Å². The van der Waals surface area contributed by atoms with Gasteiger partial charge in [0, 0.05) is 42.9 Å². The molecular weight excluding hydrogens is 471 g/mol. The molecule has 0 bridgehead atoms. The average molecular weight is 504 g/mol. The van der Waals surface area contributed by atoms with E-state index in [1.54, 1.807) is 0 Å². The number of hydrogen-bond acceptors (Lipinski definition) is 4. The highest BCUT2D eigenvalue weighted by atomic mass is 127. The van der Waals surface area contributed by atoms with E-state index in [9.17, 15) is 5.11 Å². The van der Waals surface area contributed by atoms with Crippen LogP contribution in [-0.4, -0.2) is 54.4 Å². The molecule has 2 fully saturated rings. The maximum atomic E-state index is 9.65. The molecule has 27 heavy (non-hydrogen) atoms. The molecule has 7 heteroatoms. The number of guanidine groups is 1. The van der Waals surface area contributed by atoms with Crippen LogP contribution in [0.1, 0.15) is 38.2 Å². The van der Waals surface area contributed by atoms with Crippen molar-refractivity contribution in [2.75, 3.05) is 36.0 Å². The topological polar surface area (TPSA) is 59.9 Å². The fraction of sp³-hybridized carbons (Fsp3) is 0.650. The summed E-state index contributed by atoms with van der Waals surface area (Å²) >= 11 is 2.04. The number of anilines is 1. The number of aliphatic hydroxyl groups is 1. The van der Waals surface area contributed by atoms with Gasteiger partial charge in [-0.15, -0.1) is 24.0 Å². The van der Waals surface area contributed by atoms with Gasteiger partial charge in [0.1, 0.15) is 0 Å². The number of halogens is 1. The molecule has 0 spiro atoms. The molecule has 1 saturated heterocycles. The van der Waals surface area contributed by atoms with E-state index in [0.717, 1.165) is 51.3 Å². The van der Waals surface area contributed by atoms with Gasteiger partial charge in [0.05, 0.1) is 12.6 Å². The monoisotopic (exact) mass is 504 g/mol. The van der Waals surface area contributed by atoms with Crippen LogP contribution in [0, 0.1) is 0 Å². The summed E-state index contributed by atoms with van der Waals surface area (Å²) in [5.74, 6) is 3.33. The van der Waals surface area contributed by atoms with Crippen molar-refractivity contribution in [3.05, 3.63) is 29.8 Å². The number of benzene rings is 1. The fourth-order valence-corrected chi connectivity index (χ4v) is 4.44. The summed E-state index contributed by atoms with van der Waals surface area (Å²) in [5, 5.41) is 16.5. The van der Waals surface area contributed by atoms with Gasteiger partial charge in [0.15, 0.2) is 5.96 Å². The second kappa shape index (κ2) is 12.0. The number of aliphatic hydroxyl groups excluding tert-OH is 1. The molecule has 0 radical (unpaired) electrons. The number of nitrogens with zero attached hydrogens (tertiary/aromatic N) is 2. The standard InChI is InChI=1S/C20H32N4OS.HI/c1-2-21-20(23-17-5-9-19(25)10-6-17)22-15-16-3-7-18(8-4-16)24-11-13-26-14-12-24;/h3-4,7-8,17,19,25H,2,5-6,9-15H2,1H3,(H2,21,22,23);1H. The first kappa shape index (κ1) is 22.6. The second-order valence-corrected chi connectivity index (χ2v) is 8.34. The summed E-state index contributed by atoms with van der Waals surface area (Å²) in [6, 6.07) is 9.26. The zero-order valence-electron chi connectivity index (χ0n) is 16.2. The normalized spacial score (nSPS) is 23.5. The molecule has 1 aromatic rings. The molecule has 1 heterocycles. The Morgan fingerprint density at radius 2 is 1.81 bits per heavy atom. The fourth-order valence-electron chi connectivity index (χ4n) is 3.54. The minimum absolute atomic E-state index is 0. The van der Waals surface area contributed by atoms with Crippen LogP contribution in [0.3, 0.4) is 0 Å². The lowest BCUT2D eigenvalue weighted by atomic mass is 9.93. The number of rotatable bonds is 5. The summed E-state index contributed by atoms with van der Waals surface area (Å²) in [4.78, 5) is 7.22. The second-order valence-electron chi connectivity index (χ2n) is 7.11. The smallest absolute Gasteiger partial charge is 0.191 e. The van der Waals surface area contributed by atoms with Crippen molar-refractivity contribution >= 4 is 47.4 Å². The maximum absolute atomic E-state index is 9.65. The Labute approximate surface area is 184 Å². The van der Waals surface area contributed by atoms with Crippen molar-refractivity contribution in [2.24, 2.45) is 4.99 Å². The van der Waals surface area contributed by atoms with Crippen LogP contribution >= 0.6 is 35.7 Å². The SMILES string of the molecule is CCNC(=NCc1ccc(N2CCSCC2)cc1)NC1CCC(O)CC1.I. The van der Waals surface area contributed by atoms with Gasteiger partial charge >= 0.3 is 0 Å². The molecule has 1 aliphatic carbocycles. The first-order chi connectivity index (χ1) is 12.7. The van der Waals surface area contributed by atoms with Gasteiger partial charge in [0.2, 0.25) is 0 Å². The lowest BCUT2D eigenvalue weighted by Crippen LogP contribution is -2.45. The van der Waals surface area contributed by atoms with Crippen LogP contribution in [0.4, 0.5) is 5.69 Å². The lowest BCUT2D eigenvalue weighted by molar-refractivity contribution is 0.120. The van der Waals surface area contributed by atoms with E-state index >= 15 is 0 Å². The molecule has 3 rings (SSSR count). The summed E-state index contributed by atoms with van der Waals surface area (Å²) < 4.78 is 0. The molecule has 0 aromatic heterocycles. The van der Waals surface area contributed by atoms with E-state index in [2.05, 4.69) is 46.7 Å². The number of hydrogen-bond donors (Lipinski definition) is 3. The highest BCUT2D eigenvalue weighted by Crippen LogP contribution is 2.20. The van der Waals surface area contributed by atoms with Crippen LogP contribution in [0.25, 0.3) is 0 Å². The molecule has 3 N–H and O–H groups in total. The largest absolute Gasteiger partial charge is 0.393 e. The van der Waals surface area contributed by atoms with Crippen molar-refractivity contribution in [1.29, 1.82) is 0 Å². The number of aliphatic imine (C=N–C) groups is 1. The van der Waals surface area contributed by atoms with Gasteiger partial charge in [0.25, 0.3) is 0 Å². The molecule has 0 atom stereocenters. The predicted octanol–water partition coefficient (Wildman–Crippen LogP) is 3.22. The first-order valence-electron chi connectivity index (χ1n) is 9.89. The van der Waals surface area contributed by atoms with Crippen LogP contribution < -0.4 is 15.5 Å². The van der Waals surface area contributed by atoms with Crippen LogP contribution in [0.15, 0.2) is 29.3 Å². The van der Waals surface area contributed by atoms with E-state index in [1.807, 2.05) is 11.8 Å². The van der Waals surface area contributed by atoms with Gasteiger partial charge < -0.3 is 20.6 Å². The highest BCUT2D eigenvalue weighted by molar-refractivity contribution is 14.0.